The highest BCUT2D eigenvalue weighted by Gasteiger charge is 2.20. The molecule has 1 fully saturated rings. The molecule has 1 saturated heterocycles. The van der Waals surface area contributed by atoms with Gasteiger partial charge in [-0.15, -0.1) is 0 Å². The van der Waals surface area contributed by atoms with E-state index in [0.717, 1.165) is 32.5 Å². The van der Waals surface area contributed by atoms with Gasteiger partial charge in [0.25, 0.3) is 0 Å². The molecule has 0 spiro atoms. The van der Waals surface area contributed by atoms with Crippen LogP contribution in [0.3, 0.4) is 0 Å². The van der Waals surface area contributed by atoms with E-state index in [2.05, 4.69) is 53.6 Å². The van der Waals surface area contributed by atoms with Crippen LogP contribution in [0.25, 0.3) is 0 Å². The number of aliphatic hydroxyl groups is 1. The third-order valence-electron chi connectivity index (χ3n) is 4.43. The first-order valence-corrected chi connectivity index (χ1v) is 9.59. The summed E-state index contributed by atoms with van der Waals surface area (Å²) in [5.41, 5.74) is 1.32. The third kappa shape index (κ3) is 8.17. The van der Waals surface area contributed by atoms with Crippen molar-refractivity contribution in [2.75, 3.05) is 32.8 Å². The highest BCUT2D eigenvalue weighted by atomic mass is 16.5. The second-order valence-electron chi connectivity index (χ2n) is 7.48. The zero-order chi connectivity index (χ0) is 18.8. The number of carbonyl (C=O) groups is 1. The number of urea groups is 1. The maximum atomic E-state index is 12.0. The maximum absolute atomic E-state index is 12.0. The molecule has 1 aromatic rings. The van der Waals surface area contributed by atoms with E-state index < -0.39 is 6.10 Å². The monoisotopic (exact) mass is 363 g/mol. The Bertz CT molecular complexity index is 516. The summed E-state index contributed by atoms with van der Waals surface area (Å²) in [6, 6.07) is 10.4. The smallest absolute Gasteiger partial charge is 0.315 e. The zero-order valence-corrected chi connectivity index (χ0v) is 16.0. The SMILES string of the molecule is CC(C)COC[C@H](O)CNC(=O)NC1CCN(Cc2ccccc2)CC1. The predicted octanol–water partition coefficient (Wildman–Crippen LogP) is 1.98. The van der Waals surface area contributed by atoms with Gasteiger partial charge in [0.05, 0.1) is 12.7 Å². The first-order valence-electron chi connectivity index (χ1n) is 9.59. The minimum absolute atomic E-state index is 0.191. The molecule has 0 bridgehead atoms. The highest BCUT2D eigenvalue weighted by Crippen LogP contribution is 2.13. The van der Waals surface area contributed by atoms with E-state index in [9.17, 15) is 9.90 Å². The topological polar surface area (TPSA) is 73.8 Å². The van der Waals surface area contributed by atoms with Crippen LogP contribution in [0, 0.1) is 5.92 Å². The van der Waals surface area contributed by atoms with E-state index in [1.165, 1.54) is 5.56 Å². The van der Waals surface area contributed by atoms with Crippen LogP contribution in [0.1, 0.15) is 32.3 Å². The molecular weight excluding hydrogens is 330 g/mol. The molecule has 2 amide bonds. The van der Waals surface area contributed by atoms with E-state index in [1.54, 1.807) is 0 Å². The number of hydrogen-bond donors (Lipinski definition) is 3. The number of nitrogens with zero attached hydrogens (tertiary/aromatic N) is 1. The lowest BCUT2D eigenvalue weighted by Gasteiger charge is -2.32. The largest absolute Gasteiger partial charge is 0.389 e. The van der Waals surface area contributed by atoms with E-state index in [1.807, 2.05) is 6.07 Å². The molecule has 3 N–H and O–H groups in total. The molecule has 0 saturated carbocycles. The van der Waals surface area contributed by atoms with Gasteiger partial charge in [-0.2, -0.15) is 0 Å². The van der Waals surface area contributed by atoms with Crippen molar-refractivity contribution in [2.45, 2.75) is 45.4 Å². The lowest BCUT2D eigenvalue weighted by Crippen LogP contribution is -2.49. The maximum Gasteiger partial charge on any atom is 0.315 e. The van der Waals surface area contributed by atoms with Crippen molar-refractivity contribution in [2.24, 2.45) is 5.92 Å². The number of nitrogens with one attached hydrogen (secondary N) is 2. The molecular formula is C20H33N3O3. The fourth-order valence-electron chi connectivity index (χ4n) is 3.02. The number of hydrogen-bond acceptors (Lipinski definition) is 4. The van der Waals surface area contributed by atoms with Crippen LogP contribution in [0.4, 0.5) is 4.79 Å². The van der Waals surface area contributed by atoms with Crippen molar-refractivity contribution in [3.8, 4) is 0 Å². The van der Waals surface area contributed by atoms with E-state index in [4.69, 9.17) is 4.74 Å². The molecule has 1 heterocycles. The normalized spacial score (nSPS) is 17.2. The van der Waals surface area contributed by atoms with Crippen LogP contribution in [-0.4, -0.2) is 61.0 Å². The van der Waals surface area contributed by atoms with Gasteiger partial charge >= 0.3 is 6.03 Å². The van der Waals surface area contributed by atoms with Gasteiger partial charge in [-0.25, -0.2) is 4.79 Å². The molecule has 2 rings (SSSR count). The van der Waals surface area contributed by atoms with Gasteiger partial charge in [0.2, 0.25) is 0 Å². The van der Waals surface area contributed by atoms with Gasteiger partial charge in [0.15, 0.2) is 0 Å². The number of piperidine rings is 1. The first kappa shape index (κ1) is 20.7. The van der Waals surface area contributed by atoms with Crippen LogP contribution in [-0.2, 0) is 11.3 Å². The molecule has 0 radical (unpaired) electrons. The van der Waals surface area contributed by atoms with Gasteiger partial charge in [-0.1, -0.05) is 44.2 Å². The van der Waals surface area contributed by atoms with Crippen molar-refractivity contribution in [3.05, 3.63) is 35.9 Å². The first-order chi connectivity index (χ1) is 12.5. The Morgan fingerprint density at radius 1 is 1.23 bits per heavy atom. The minimum Gasteiger partial charge on any atom is -0.389 e. The van der Waals surface area contributed by atoms with Crippen LogP contribution >= 0.6 is 0 Å². The van der Waals surface area contributed by atoms with Crippen molar-refractivity contribution < 1.29 is 14.6 Å². The fraction of sp³-hybridized carbons (Fsp3) is 0.650. The Morgan fingerprint density at radius 2 is 1.92 bits per heavy atom. The number of benzene rings is 1. The molecule has 0 unspecified atom stereocenters. The van der Waals surface area contributed by atoms with Gasteiger partial charge in [0, 0.05) is 38.8 Å². The molecule has 26 heavy (non-hydrogen) atoms. The number of ether oxygens (including phenoxy) is 1. The second kappa shape index (κ2) is 11.2. The summed E-state index contributed by atoms with van der Waals surface area (Å²) in [6.07, 6.45) is 1.22. The summed E-state index contributed by atoms with van der Waals surface area (Å²) >= 11 is 0. The second-order valence-corrected chi connectivity index (χ2v) is 7.48. The average molecular weight is 364 g/mol. The van der Waals surface area contributed by atoms with Crippen molar-refractivity contribution in [1.29, 1.82) is 0 Å². The fourth-order valence-corrected chi connectivity index (χ4v) is 3.02. The summed E-state index contributed by atoms with van der Waals surface area (Å²) in [5.74, 6) is 0.436. The number of likely N-dealkylation sites (tertiary alicyclic amines) is 1. The van der Waals surface area contributed by atoms with Crippen molar-refractivity contribution in [1.82, 2.24) is 15.5 Å². The molecule has 6 nitrogen and oxygen atoms in total. The Labute approximate surface area is 156 Å². The number of carbonyl (C=O) groups excluding carboxylic acids is 1. The Hall–Kier alpha value is -1.63. The summed E-state index contributed by atoms with van der Waals surface area (Å²) in [5, 5.41) is 15.5. The molecule has 1 aliphatic rings. The number of rotatable bonds is 9. The molecule has 0 aromatic heterocycles. The van der Waals surface area contributed by atoms with E-state index in [0.29, 0.717) is 12.5 Å². The van der Waals surface area contributed by atoms with E-state index in [-0.39, 0.29) is 25.2 Å². The van der Waals surface area contributed by atoms with Gasteiger partial charge in [0.1, 0.15) is 0 Å². The number of amides is 2. The van der Waals surface area contributed by atoms with Crippen molar-refractivity contribution in [3.63, 3.8) is 0 Å². The van der Waals surface area contributed by atoms with Crippen LogP contribution in [0.2, 0.25) is 0 Å². The summed E-state index contributed by atoms with van der Waals surface area (Å²) in [7, 11) is 0. The standard InChI is InChI=1S/C20H33N3O3/c1-16(2)14-26-15-19(24)12-21-20(25)22-18-8-10-23(11-9-18)13-17-6-4-3-5-7-17/h3-7,16,18-19,24H,8-15H2,1-2H3,(H2,21,22,25)/t19-/m1/s1. The molecule has 1 aliphatic heterocycles. The lowest BCUT2D eigenvalue weighted by atomic mass is 10.0. The Balaban J connectivity index is 1.57. The molecule has 6 heteroatoms. The van der Waals surface area contributed by atoms with Gasteiger partial charge < -0.3 is 20.5 Å². The van der Waals surface area contributed by atoms with Crippen LogP contribution < -0.4 is 10.6 Å². The predicted molar refractivity (Wildman–Crippen MR) is 103 cm³/mol. The van der Waals surface area contributed by atoms with Crippen molar-refractivity contribution >= 4 is 6.03 Å². The van der Waals surface area contributed by atoms with Crippen LogP contribution in [0.5, 0.6) is 0 Å². The summed E-state index contributed by atoms with van der Waals surface area (Å²) in [4.78, 5) is 14.4. The summed E-state index contributed by atoms with van der Waals surface area (Å²) in [6.45, 7) is 8.10. The third-order valence-corrected chi connectivity index (χ3v) is 4.43. The molecule has 1 aromatic carbocycles. The Morgan fingerprint density at radius 3 is 2.58 bits per heavy atom. The van der Waals surface area contributed by atoms with Gasteiger partial charge in [-0.3, -0.25) is 4.90 Å². The molecule has 0 aliphatic carbocycles. The average Bonchev–Trinajstić information content (AvgIpc) is 2.62. The van der Waals surface area contributed by atoms with E-state index >= 15 is 0 Å². The van der Waals surface area contributed by atoms with Crippen LogP contribution in [0.15, 0.2) is 30.3 Å². The minimum atomic E-state index is -0.674. The highest BCUT2D eigenvalue weighted by molar-refractivity contribution is 5.74. The lowest BCUT2D eigenvalue weighted by molar-refractivity contribution is 0.0272. The van der Waals surface area contributed by atoms with Gasteiger partial charge in [-0.05, 0) is 24.3 Å². The molecule has 1 atom stereocenters. The summed E-state index contributed by atoms with van der Waals surface area (Å²) < 4.78 is 5.37. The molecule has 146 valence electrons. The zero-order valence-electron chi connectivity index (χ0n) is 16.0. The Kier molecular flexibility index (Phi) is 8.88. The quantitative estimate of drug-likeness (QED) is 0.627. The number of aliphatic hydroxyl groups excluding tert-OH is 1.